The summed E-state index contributed by atoms with van der Waals surface area (Å²) in [6.45, 7) is 1.95. The Hall–Kier alpha value is -1.89. The molecule has 0 atom stereocenters. The molecule has 0 radical (unpaired) electrons. The van der Waals surface area contributed by atoms with Gasteiger partial charge in [-0.05, 0) is 72.6 Å². The largest absolute Gasteiger partial charge is 0.247 e. The second kappa shape index (κ2) is 15.1. The molecule has 1 aliphatic rings. The van der Waals surface area contributed by atoms with E-state index < -0.39 is 0 Å². The van der Waals surface area contributed by atoms with Crippen LogP contribution in [0.2, 0.25) is 0 Å². The molecule has 180 valence electrons. The van der Waals surface area contributed by atoms with Crippen LogP contribution in [0.3, 0.4) is 0 Å². The minimum atomic E-state index is -0.320. The van der Waals surface area contributed by atoms with E-state index in [0.717, 1.165) is 18.3 Å². The van der Waals surface area contributed by atoms with Gasteiger partial charge < -0.3 is 0 Å². The lowest BCUT2D eigenvalue weighted by Gasteiger charge is -2.28. The van der Waals surface area contributed by atoms with Gasteiger partial charge in [0.2, 0.25) is 0 Å². The molecule has 0 spiro atoms. The van der Waals surface area contributed by atoms with Gasteiger partial charge in [-0.3, -0.25) is 0 Å². The fourth-order valence-corrected chi connectivity index (χ4v) is 5.35. The highest BCUT2D eigenvalue weighted by Gasteiger charge is 2.20. The standard InChI is InChI=1S/C32H45F/c1-2-3-4-5-7-10-28-18-22-31(23-19-28)32-24-20-30(21-25-32)17-16-29-14-12-27(13-15-29)11-8-6-9-26-33/h6,9,18-25,27,29H,2-5,7-8,10-17,26H2,1H3/b9-6+. The Bertz CT molecular complexity index is 778. The van der Waals surface area contributed by atoms with E-state index in [1.165, 1.54) is 106 Å². The molecule has 1 saturated carbocycles. The molecule has 0 aliphatic heterocycles. The summed E-state index contributed by atoms with van der Waals surface area (Å²) in [5.41, 5.74) is 5.60. The minimum Gasteiger partial charge on any atom is -0.247 e. The van der Waals surface area contributed by atoms with E-state index in [9.17, 15) is 4.39 Å². The normalized spacial score (nSPS) is 18.7. The van der Waals surface area contributed by atoms with Crippen molar-refractivity contribution in [2.45, 2.75) is 96.8 Å². The van der Waals surface area contributed by atoms with Crippen LogP contribution in [0.5, 0.6) is 0 Å². The fraction of sp³-hybridized carbons (Fsp3) is 0.562. The zero-order valence-corrected chi connectivity index (χ0v) is 20.9. The second-order valence-electron chi connectivity index (χ2n) is 10.2. The van der Waals surface area contributed by atoms with Crippen molar-refractivity contribution in [3.05, 3.63) is 71.8 Å². The third-order valence-corrected chi connectivity index (χ3v) is 7.62. The van der Waals surface area contributed by atoms with Gasteiger partial charge in [0.15, 0.2) is 0 Å². The Balaban J connectivity index is 1.37. The van der Waals surface area contributed by atoms with Gasteiger partial charge in [0, 0.05) is 0 Å². The predicted octanol–water partition coefficient (Wildman–Crippen LogP) is 9.91. The first kappa shape index (κ1) is 25.7. The Morgan fingerprint density at radius 2 is 1.21 bits per heavy atom. The molecule has 0 nitrogen and oxygen atoms in total. The topological polar surface area (TPSA) is 0 Å². The van der Waals surface area contributed by atoms with Crippen LogP contribution in [0.15, 0.2) is 60.7 Å². The molecule has 1 fully saturated rings. The molecule has 1 aliphatic carbocycles. The van der Waals surface area contributed by atoms with Crippen molar-refractivity contribution in [2.24, 2.45) is 11.8 Å². The fourth-order valence-electron chi connectivity index (χ4n) is 5.35. The van der Waals surface area contributed by atoms with Crippen LogP contribution in [-0.2, 0) is 12.8 Å². The van der Waals surface area contributed by atoms with Crippen molar-refractivity contribution in [2.75, 3.05) is 6.67 Å². The third-order valence-electron chi connectivity index (χ3n) is 7.62. The van der Waals surface area contributed by atoms with Crippen molar-refractivity contribution in [3.8, 4) is 11.1 Å². The van der Waals surface area contributed by atoms with Crippen molar-refractivity contribution in [3.63, 3.8) is 0 Å². The molecule has 2 aromatic rings. The smallest absolute Gasteiger partial charge is 0.108 e. The molecule has 2 aromatic carbocycles. The van der Waals surface area contributed by atoms with Crippen LogP contribution < -0.4 is 0 Å². The number of alkyl halides is 1. The number of rotatable bonds is 14. The van der Waals surface area contributed by atoms with E-state index in [1.54, 1.807) is 6.08 Å². The molecular formula is C32H45F. The highest BCUT2D eigenvalue weighted by atomic mass is 19.1. The first-order chi connectivity index (χ1) is 16.3. The van der Waals surface area contributed by atoms with Crippen molar-refractivity contribution < 1.29 is 4.39 Å². The SMILES string of the molecule is CCCCCCCc1ccc(-c2ccc(CCC3CCC(CC/C=C/CF)CC3)cc2)cc1. The first-order valence-electron chi connectivity index (χ1n) is 13.7. The van der Waals surface area contributed by atoms with Crippen LogP contribution in [0.4, 0.5) is 4.39 Å². The Morgan fingerprint density at radius 3 is 1.79 bits per heavy atom. The lowest BCUT2D eigenvalue weighted by molar-refractivity contribution is 0.254. The quantitative estimate of drug-likeness (QED) is 0.199. The maximum Gasteiger partial charge on any atom is 0.108 e. The van der Waals surface area contributed by atoms with Crippen LogP contribution in [-0.4, -0.2) is 6.67 Å². The summed E-state index contributed by atoms with van der Waals surface area (Å²) < 4.78 is 12.1. The second-order valence-corrected chi connectivity index (χ2v) is 10.2. The Kier molecular flexibility index (Phi) is 11.8. The van der Waals surface area contributed by atoms with E-state index in [1.807, 2.05) is 6.08 Å². The number of hydrogen-bond donors (Lipinski definition) is 0. The summed E-state index contributed by atoms with van der Waals surface area (Å²) in [7, 11) is 0. The van der Waals surface area contributed by atoms with Gasteiger partial charge in [0.05, 0.1) is 0 Å². The number of hydrogen-bond acceptors (Lipinski definition) is 0. The molecule has 1 heteroatoms. The maximum absolute atomic E-state index is 12.1. The number of unbranched alkanes of at least 4 members (excludes halogenated alkanes) is 4. The molecular weight excluding hydrogens is 403 g/mol. The summed E-state index contributed by atoms with van der Waals surface area (Å²) in [5, 5.41) is 0. The van der Waals surface area contributed by atoms with Gasteiger partial charge in [0.1, 0.15) is 6.67 Å². The maximum atomic E-state index is 12.1. The molecule has 0 saturated heterocycles. The summed E-state index contributed by atoms with van der Waals surface area (Å²) >= 11 is 0. The summed E-state index contributed by atoms with van der Waals surface area (Å²) in [4.78, 5) is 0. The van der Waals surface area contributed by atoms with Gasteiger partial charge in [-0.1, -0.05) is 119 Å². The predicted molar refractivity (Wildman–Crippen MR) is 142 cm³/mol. The number of aryl methyl sites for hydroxylation is 2. The van der Waals surface area contributed by atoms with E-state index in [4.69, 9.17) is 0 Å². The average Bonchev–Trinajstić information content (AvgIpc) is 2.87. The van der Waals surface area contributed by atoms with Gasteiger partial charge in [-0.15, -0.1) is 0 Å². The van der Waals surface area contributed by atoms with E-state index in [0.29, 0.717) is 0 Å². The zero-order chi connectivity index (χ0) is 23.1. The summed E-state index contributed by atoms with van der Waals surface area (Å²) in [5.74, 6) is 1.74. The average molecular weight is 449 g/mol. The molecule has 0 N–H and O–H groups in total. The van der Waals surface area contributed by atoms with Crippen LogP contribution in [0.25, 0.3) is 11.1 Å². The van der Waals surface area contributed by atoms with E-state index >= 15 is 0 Å². The van der Waals surface area contributed by atoms with Crippen molar-refractivity contribution in [1.82, 2.24) is 0 Å². The van der Waals surface area contributed by atoms with Gasteiger partial charge in [-0.25, -0.2) is 4.39 Å². The monoisotopic (exact) mass is 448 g/mol. The van der Waals surface area contributed by atoms with Crippen LogP contribution in [0, 0.1) is 11.8 Å². The Labute approximate surface area is 202 Å². The highest BCUT2D eigenvalue weighted by Crippen LogP contribution is 2.34. The highest BCUT2D eigenvalue weighted by molar-refractivity contribution is 5.64. The summed E-state index contributed by atoms with van der Waals surface area (Å²) in [6, 6.07) is 18.5. The zero-order valence-electron chi connectivity index (χ0n) is 20.9. The number of allylic oxidation sites excluding steroid dienone is 2. The van der Waals surface area contributed by atoms with E-state index in [-0.39, 0.29) is 6.67 Å². The summed E-state index contributed by atoms with van der Waals surface area (Å²) in [6.07, 6.45) is 21.9. The lowest BCUT2D eigenvalue weighted by Crippen LogP contribution is -2.15. The molecule has 3 rings (SSSR count). The molecule has 33 heavy (non-hydrogen) atoms. The van der Waals surface area contributed by atoms with Crippen LogP contribution in [0.1, 0.15) is 95.1 Å². The van der Waals surface area contributed by atoms with E-state index in [2.05, 4.69) is 55.5 Å². The molecule has 0 aromatic heterocycles. The first-order valence-corrected chi connectivity index (χ1v) is 13.7. The molecule has 0 bridgehead atoms. The third kappa shape index (κ3) is 9.48. The van der Waals surface area contributed by atoms with Gasteiger partial charge in [-0.2, -0.15) is 0 Å². The molecule has 0 amide bonds. The Morgan fingerprint density at radius 1 is 0.667 bits per heavy atom. The van der Waals surface area contributed by atoms with Gasteiger partial charge >= 0.3 is 0 Å². The van der Waals surface area contributed by atoms with Crippen LogP contribution >= 0.6 is 0 Å². The van der Waals surface area contributed by atoms with Gasteiger partial charge in [0.25, 0.3) is 0 Å². The number of halogens is 1. The molecule has 0 heterocycles. The van der Waals surface area contributed by atoms with Crippen molar-refractivity contribution >= 4 is 0 Å². The lowest BCUT2D eigenvalue weighted by atomic mass is 9.78. The molecule has 0 unspecified atom stereocenters. The number of benzene rings is 2. The minimum absolute atomic E-state index is 0.320. The van der Waals surface area contributed by atoms with Crippen molar-refractivity contribution in [1.29, 1.82) is 0 Å².